The summed E-state index contributed by atoms with van der Waals surface area (Å²) in [6.07, 6.45) is 2.46. The van der Waals surface area contributed by atoms with Gasteiger partial charge in [-0.2, -0.15) is 0 Å². The quantitative estimate of drug-likeness (QED) is 0.288. The van der Waals surface area contributed by atoms with Gasteiger partial charge < -0.3 is 15.4 Å². The number of hydrogen-bond donors (Lipinski definition) is 2. The van der Waals surface area contributed by atoms with Crippen LogP contribution in [0.4, 0.5) is 0 Å². The van der Waals surface area contributed by atoms with Crippen molar-refractivity contribution in [2.24, 2.45) is 0 Å². The van der Waals surface area contributed by atoms with E-state index in [0.29, 0.717) is 6.61 Å². The third kappa shape index (κ3) is 8.77. The average Bonchev–Trinajstić information content (AvgIpc) is 2.83. The van der Waals surface area contributed by atoms with Crippen molar-refractivity contribution in [3.8, 4) is 17.6 Å². The van der Waals surface area contributed by atoms with Gasteiger partial charge >= 0.3 is 0 Å². The summed E-state index contributed by atoms with van der Waals surface area (Å²) in [5, 5.41) is 7.62. The highest BCUT2D eigenvalue weighted by molar-refractivity contribution is 6.30. The maximum atomic E-state index is 5.90. The first-order valence-electron chi connectivity index (χ1n) is 11.2. The lowest BCUT2D eigenvalue weighted by Gasteiger charge is -2.09. The topological polar surface area (TPSA) is 33.3 Å². The number of benzene rings is 3. The Labute approximate surface area is 197 Å². The van der Waals surface area contributed by atoms with Gasteiger partial charge in [0.15, 0.2) is 0 Å². The minimum absolute atomic E-state index is 0.620. The minimum Gasteiger partial charge on any atom is -0.492 e. The fourth-order valence-corrected chi connectivity index (χ4v) is 3.22. The molecule has 0 aromatic heterocycles. The molecule has 0 atom stereocenters. The first kappa shape index (κ1) is 23.9. The summed E-state index contributed by atoms with van der Waals surface area (Å²) in [6, 6.07) is 24.2. The molecule has 0 unspecified atom stereocenters. The highest BCUT2D eigenvalue weighted by atomic mass is 35.5. The summed E-state index contributed by atoms with van der Waals surface area (Å²) in [7, 11) is 0. The molecule has 0 spiro atoms. The summed E-state index contributed by atoms with van der Waals surface area (Å²) in [6.45, 7) is 6.48. The Bertz CT molecular complexity index is 987. The highest BCUT2D eigenvalue weighted by Crippen LogP contribution is 2.12. The third-order valence-corrected chi connectivity index (χ3v) is 5.24. The molecule has 4 heteroatoms. The molecule has 0 aliphatic carbocycles. The number of nitrogens with one attached hydrogen (secondary N) is 2. The average molecular weight is 447 g/mol. The van der Waals surface area contributed by atoms with Crippen molar-refractivity contribution < 1.29 is 4.74 Å². The van der Waals surface area contributed by atoms with Crippen LogP contribution in [-0.4, -0.2) is 19.7 Å². The Balaban J connectivity index is 1.33. The molecule has 3 aromatic carbocycles. The van der Waals surface area contributed by atoms with Crippen LogP contribution in [0.2, 0.25) is 5.02 Å². The van der Waals surface area contributed by atoms with Crippen LogP contribution in [-0.2, 0) is 13.1 Å². The van der Waals surface area contributed by atoms with Crippen molar-refractivity contribution in [3.63, 3.8) is 0 Å². The first-order chi connectivity index (χ1) is 15.7. The van der Waals surface area contributed by atoms with E-state index in [1.807, 2.05) is 48.5 Å². The Morgan fingerprint density at radius 2 is 1.25 bits per heavy atom. The van der Waals surface area contributed by atoms with Gasteiger partial charge in [0.1, 0.15) is 12.4 Å². The second kappa shape index (κ2) is 13.6. The van der Waals surface area contributed by atoms with E-state index in [-0.39, 0.29) is 0 Å². The van der Waals surface area contributed by atoms with E-state index < -0.39 is 0 Å². The molecule has 0 aliphatic heterocycles. The van der Waals surface area contributed by atoms with Gasteiger partial charge in [0, 0.05) is 35.8 Å². The highest BCUT2D eigenvalue weighted by Gasteiger charge is 1.97. The van der Waals surface area contributed by atoms with E-state index in [1.54, 1.807) is 0 Å². The van der Waals surface area contributed by atoms with Crippen molar-refractivity contribution in [2.45, 2.75) is 32.9 Å². The SMILES string of the molecule is CCCCNCc1ccc(CNCCOc2ccc(C#Cc3ccc(Cl)cc3)cc2)cc1. The van der Waals surface area contributed by atoms with Crippen LogP contribution in [0.5, 0.6) is 5.75 Å². The number of unbranched alkanes of at least 4 members (excludes halogenated alkanes) is 1. The van der Waals surface area contributed by atoms with Crippen molar-refractivity contribution in [1.29, 1.82) is 0 Å². The number of ether oxygens (including phenoxy) is 1. The van der Waals surface area contributed by atoms with E-state index >= 15 is 0 Å². The predicted molar refractivity (Wildman–Crippen MR) is 134 cm³/mol. The summed E-state index contributed by atoms with van der Waals surface area (Å²) in [4.78, 5) is 0. The molecule has 3 nitrogen and oxygen atoms in total. The summed E-state index contributed by atoms with van der Waals surface area (Å²) < 4.78 is 5.82. The Kier molecular flexibility index (Phi) is 10.2. The molecule has 0 aliphatic rings. The molecule has 0 saturated carbocycles. The zero-order valence-corrected chi connectivity index (χ0v) is 19.4. The van der Waals surface area contributed by atoms with Crippen molar-refractivity contribution in [1.82, 2.24) is 10.6 Å². The van der Waals surface area contributed by atoms with Gasteiger partial charge in [-0.15, -0.1) is 0 Å². The molecule has 166 valence electrons. The summed E-state index contributed by atoms with van der Waals surface area (Å²) in [5.41, 5.74) is 4.51. The summed E-state index contributed by atoms with van der Waals surface area (Å²) in [5.74, 6) is 7.15. The smallest absolute Gasteiger partial charge is 0.119 e. The minimum atomic E-state index is 0.620. The molecule has 0 bridgehead atoms. The monoisotopic (exact) mass is 446 g/mol. The van der Waals surface area contributed by atoms with E-state index in [1.165, 1.54) is 24.0 Å². The Hall–Kier alpha value is -2.77. The maximum absolute atomic E-state index is 5.90. The van der Waals surface area contributed by atoms with Gasteiger partial charge in [-0.3, -0.25) is 0 Å². The van der Waals surface area contributed by atoms with Gasteiger partial charge in [-0.25, -0.2) is 0 Å². The fourth-order valence-electron chi connectivity index (χ4n) is 3.10. The molecule has 32 heavy (non-hydrogen) atoms. The van der Waals surface area contributed by atoms with E-state index in [9.17, 15) is 0 Å². The second-order valence-electron chi connectivity index (χ2n) is 7.65. The molecular weight excluding hydrogens is 416 g/mol. The maximum Gasteiger partial charge on any atom is 0.119 e. The van der Waals surface area contributed by atoms with Gasteiger partial charge in [0.05, 0.1) is 0 Å². The molecule has 3 rings (SSSR count). The fraction of sp³-hybridized carbons (Fsp3) is 0.286. The second-order valence-corrected chi connectivity index (χ2v) is 8.09. The molecule has 0 heterocycles. The molecule has 3 aromatic rings. The van der Waals surface area contributed by atoms with Gasteiger partial charge in [-0.05, 0) is 72.6 Å². The zero-order valence-electron chi connectivity index (χ0n) is 18.7. The van der Waals surface area contributed by atoms with Crippen LogP contribution in [0.25, 0.3) is 0 Å². The zero-order chi connectivity index (χ0) is 22.4. The normalized spacial score (nSPS) is 10.4. The van der Waals surface area contributed by atoms with Crippen LogP contribution < -0.4 is 15.4 Å². The van der Waals surface area contributed by atoms with E-state index in [0.717, 1.165) is 48.1 Å². The summed E-state index contributed by atoms with van der Waals surface area (Å²) >= 11 is 5.90. The van der Waals surface area contributed by atoms with Gasteiger partial charge in [0.2, 0.25) is 0 Å². The molecule has 0 amide bonds. The lowest BCUT2D eigenvalue weighted by Crippen LogP contribution is -2.20. The number of rotatable bonds is 11. The largest absolute Gasteiger partial charge is 0.492 e. The van der Waals surface area contributed by atoms with Crippen molar-refractivity contribution in [3.05, 3.63) is 100 Å². The molecule has 0 radical (unpaired) electrons. The third-order valence-electron chi connectivity index (χ3n) is 4.99. The Morgan fingerprint density at radius 3 is 1.81 bits per heavy atom. The standard InChI is InChI=1S/C28H31ClN2O/c1-2-3-18-30-21-25-6-8-26(9-7-25)22-31-19-20-32-28-16-12-24(13-17-28)5-4-23-10-14-27(29)15-11-23/h6-17,30-31H,2-3,18-22H2,1H3. The first-order valence-corrected chi connectivity index (χ1v) is 11.6. The van der Waals surface area contributed by atoms with E-state index in [4.69, 9.17) is 16.3 Å². The van der Waals surface area contributed by atoms with E-state index in [2.05, 4.69) is 53.7 Å². The molecule has 2 N–H and O–H groups in total. The Morgan fingerprint density at radius 1 is 0.719 bits per heavy atom. The van der Waals surface area contributed by atoms with Crippen molar-refractivity contribution >= 4 is 11.6 Å². The van der Waals surface area contributed by atoms with Gasteiger partial charge in [-0.1, -0.05) is 61.1 Å². The van der Waals surface area contributed by atoms with Gasteiger partial charge in [0.25, 0.3) is 0 Å². The molecule has 0 saturated heterocycles. The lowest BCUT2D eigenvalue weighted by molar-refractivity contribution is 0.313. The van der Waals surface area contributed by atoms with Crippen LogP contribution in [0.3, 0.4) is 0 Å². The van der Waals surface area contributed by atoms with Crippen LogP contribution in [0.15, 0.2) is 72.8 Å². The van der Waals surface area contributed by atoms with Crippen LogP contribution in [0.1, 0.15) is 42.0 Å². The predicted octanol–water partition coefficient (Wildman–Crippen LogP) is 5.80. The number of halogens is 1. The van der Waals surface area contributed by atoms with Crippen LogP contribution in [0, 0.1) is 11.8 Å². The molecular formula is C28H31ClN2O. The number of hydrogen-bond acceptors (Lipinski definition) is 3. The molecule has 0 fully saturated rings. The van der Waals surface area contributed by atoms with Crippen LogP contribution >= 0.6 is 11.6 Å². The lowest BCUT2D eigenvalue weighted by atomic mass is 10.1. The van der Waals surface area contributed by atoms with Crippen molar-refractivity contribution in [2.75, 3.05) is 19.7 Å².